The summed E-state index contributed by atoms with van der Waals surface area (Å²) in [6.07, 6.45) is -2.86. The van der Waals surface area contributed by atoms with Gasteiger partial charge in [0.2, 0.25) is 0 Å². The second-order valence-corrected chi connectivity index (χ2v) is 9.07. The van der Waals surface area contributed by atoms with Crippen LogP contribution in [0.3, 0.4) is 0 Å². The van der Waals surface area contributed by atoms with Crippen LogP contribution < -0.4 is 0 Å². The van der Waals surface area contributed by atoms with Gasteiger partial charge in [0, 0.05) is 10.5 Å². The summed E-state index contributed by atoms with van der Waals surface area (Å²) in [4.78, 5) is 1.05. The van der Waals surface area contributed by atoms with Crippen LogP contribution in [0.25, 0.3) is 0 Å². The zero-order valence-corrected chi connectivity index (χ0v) is 18.3. The lowest BCUT2D eigenvalue weighted by molar-refractivity contribution is -0.322. The van der Waals surface area contributed by atoms with Crippen LogP contribution in [0, 0.1) is 0 Å². The van der Waals surface area contributed by atoms with Crippen molar-refractivity contribution in [3.05, 3.63) is 102 Å². The molecule has 0 aromatic heterocycles. The molecule has 2 aliphatic rings. The summed E-state index contributed by atoms with van der Waals surface area (Å²) in [6.45, 7) is 0.728. The number of hydrogen-bond donors (Lipinski definition) is 1. The van der Waals surface area contributed by atoms with Gasteiger partial charge in [-0.1, -0.05) is 90.6 Å². The van der Waals surface area contributed by atoms with Crippen molar-refractivity contribution in [2.24, 2.45) is 0 Å². The van der Waals surface area contributed by atoms with Gasteiger partial charge in [-0.3, -0.25) is 0 Å². The van der Waals surface area contributed by atoms with E-state index in [9.17, 15) is 5.11 Å². The Labute approximate surface area is 192 Å². The summed E-state index contributed by atoms with van der Waals surface area (Å²) in [5.41, 5.74) is 1.57. The van der Waals surface area contributed by atoms with Crippen molar-refractivity contribution in [1.82, 2.24) is 0 Å². The van der Waals surface area contributed by atoms with Crippen LogP contribution in [0.4, 0.5) is 0 Å². The van der Waals surface area contributed by atoms with E-state index in [1.807, 2.05) is 91.0 Å². The lowest BCUT2D eigenvalue weighted by atomic mass is 9.98. The summed E-state index contributed by atoms with van der Waals surface area (Å²) < 4.78 is 24.7. The van der Waals surface area contributed by atoms with Crippen LogP contribution in [-0.2, 0) is 25.6 Å². The number of fused-ring (bicyclic) bond motifs is 1. The quantitative estimate of drug-likeness (QED) is 0.594. The molecule has 2 aliphatic heterocycles. The first kappa shape index (κ1) is 21.6. The molecule has 5 nitrogen and oxygen atoms in total. The highest BCUT2D eigenvalue weighted by molar-refractivity contribution is 7.99. The molecule has 1 N–H and O–H groups in total. The maximum absolute atomic E-state index is 11.4. The topological polar surface area (TPSA) is 57.2 Å². The minimum atomic E-state index is -0.853. The Kier molecular flexibility index (Phi) is 6.88. The highest BCUT2D eigenvalue weighted by Gasteiger charge is 2.50. The van der Waals surface area contributed by atoms with Crippen LogP contribution in [0.2, 0.25) is 0 Å². The molecule has 2 heterocycles. The molecule has 6 heteroatoms. The maximum atomic E-state index is 11.4. The van der Waals surface area contributed by atoms with E-state index in [-0.39, 0.29) is 6.10 Å². The van der Waals surface area contributed by atoms with Gasteiger partial charge in [0.15, 0.2) is 6.29 Å². The largest absolute Gasteiger partial charge is 0.387 e. The van der Waals surface area contributed by atoms with Crippen molar-refractivity contribution < 1.29 is 24.1 Å². The van der Waals surface area contributed by atoms with Gasteiger partial charge in [-0.25, -0.2) is 0 Å². The fourth-order valence-corrected chi connectivity index (χ4v) is 5.17. The standard InChI is InChI=1S/C26H26O5S/c27-22-23-21(17-29-25(31-23)19-12-6-2-7-13-19)30-26(32-20-14-8-3-9-15-20)24(22)28-16-18-10-4-1-5-11-18/h1-15,21-27H,16-17H2/t21-,22+,23-,24+,25?,26-/m1/s1. The third-order valence-electron chi connectivity index (χ3n) is 5.66. The molecule has 32 heavy (non-hydrogen) atoms. The molecule has 5 rings (SSSR count). The minimum absolute atomic E-state index is 0.346. The van der Waals surface area contributed by atoms with E-state index in [4.69, 9.17) is 18.9 Å². The van der Waals surface area contributed by atoms with Gasteiger partial charge in [0.25, 0.3) is 0 Å². The molecule has 2 saturated heterocycles. The molecular weight excluding hydrogens is 424 g/mol. The fraction of sp³-hybridized carbons (Fsp3) is 0.308. The molecule has 0 radical (unpaired) electrons. The van der Waals surface area contributed by atoms with E-state index in [1.54, 1.807) is 11.8 Å². The van der Waals surface area contributed by atoms with Crippen molar-refractivity contribution >= 4 is 11.8 Å². The van der Waals surface area contributed by atoms with E-state index in [1.165, 1.54) is 0 Å². The predicted molar refractivity (Wildman–Crippen MR) is 122 cm³/mol. The second kappa shape index (κ2) is 10.2. The van der Waals surface area contributed by atoms with Crippen LogP contribution in [0.15, 0.2) is 95.9 Å². The molecule has 0 bridgehead atoms. The molecule has 3 aromatic carbocycles. The number of hydrogen-bond acceptors (Lipinski definition) is 6. The zero-order chi connectivity index (χ0) is 21.8. The van der Waals surface area contributed by atoms with Crippen molar-refractivity contribution in [2.75, 3.05) is 6.61 Å². The molecule has 0 aliphatic carbocycles. The number of ether oxygens (including phenoxy) is 4. The Morgan fingerprint density at radius 2 is 1.50 bits per heavy atom. The number of rotatable bonds is 6. The molecule has 166 valence electrons. The van der Waals surface area contributed by atoms with Gasteiger partial charge < -0.3 is 24.1 Å². The summed E-state index contributed by atoms with van der Waals surface area (Å²) in [5.74, 6) is 0. The molecule has 0 saturated carbocycles. The summed E-state index contributed by atoms with van der Waals surface area (Å²) in [7, 11) is 0. The summed E-state index contributed by atoms with van der Waals surface area (Å²) >= 11 is 1.55. The molecule has 2 fully saturated rings. The van der Waals surface area contributed by atoms with E-state index in [2.05, 4.69) is 0 Å². The van der Waals surface area contributed by atoms with Gasteiger partial charge in [-0.2, -0.15) is 0 Å². The van der Waals surface area contributed by atoms with Gasteiger partial charge in [-0.05, 0) is 17.7 Å². The van der Waals surface area contributed by atoms with E-state index in [0.717, 1.165) is 16.0 Å². The summed E-state index contributed by atoms with van der Waals surface area (Å²) in [6, 6.07) is 29.7. The second-order valence-electron chi connectivity index (χ2n) is 7.90. The van der Waals surface area contributed by atoms with Crippen molar-refractivity contribution in [3.63, 3.8) is 0 Å². The van der Waals surface area contributed by atoms with Gasteiger partial charge in [0.1, 0.15) is 29.9 Å². The fourth-order valence-electron chi connectivity index (χ4n) is 4.02. The molecule has 0 spiro atoms. The maximum Gasteiger partial charge on any atom is 0.184 e. The molecule has 6 atom stereocenters. The third-order valence-corrected chi connectivity index (χ3v) is 6.82. The predicted octanol–water partition coefficient (Wildman–Crippen LogP) is 4.56. The average molecular weight is 451 g/mol. The third kappa shape index (κ3) is 4.91. The SMILES string of the molecule is O[C@@H]1[C@H](OCc2ccccc2)[C@@H](Sc2ccccc2)O[C@@H]2COC(c3ccccc3)O[C@@H]12. The van der Waals surface area contributed by atoms with Crippen LogP contribution >= 0.6 is 11.8 Å². The Morgan fingerprint density at radius 3 is 2.22 bits per heavy atom. The number of thioether (sulfide) groups is 1. The highest BCUT2D eigenvalue weighted by Crippen LogP contribution is 2.40. The number of aliphatic hydroxyl groups is 1. The van der Waals surface area contributed by atoms with Crippen molar-refractivity contribution in [3.8, 4) is 0 Å². The van der Waals surface area contributed by atoms with Crippen LogP contribution in [-0.4, -0.2) is 41.6 Å². The van der Waals surface area contributed by atoms with Gasteiger partial charge in [-0.15, -0.1) is 0 Å². The zero-order valence-electron chi connectivity index (χ0n) is 17.5. The molecule has 0 amide bonds. The normalized spacial score (nSPS) is 29.9. The van der Waals surface area contributed by atoms with Crippen LogP contribution in [0.5, 0.6) is 0 Å². The monoisotopic (exact) mass is 450 g/mol. The Balaban J connectivity index is 1.35. The minimum Gasteiger partial charge on any atom is -0.387 e. The van der Waals surface area contributed by atoms with E-state index >= 15 is 0 Å². The average Bonchev–Trinajstić information content (AvgIpc) is 2.85. The first-order valence-electron chi connectivity index (χ1n) is 10.8. The smallest absolute Gasteiger partial charge is 0.184 e. The molecule has 3 aromatic rings. The number of benzene rings is 3. The molecular formula is C26H26O5S. The van der Waals surface area contributed by atoms with E-state index < -0.39 is 30.0 Å². The summed E-state index contributed by atoms with van der Waals surface area (Å²) in [5, 5.41) is 11.4. The first-order chi connectivity index (χ1) is 15.8. The Hall–Kier alpha value is -2.19. The van der Waals surface area contributed by atoms with Crippen molar-refractivity contribution in [1.29, 1.82) is 0 Å². The van der Waals surface area contributed by atoms with Gasteiger partial charge in [0.05, 0.1) is 13.2 Å². The first-order valence-corrected chi connectivity index (χ1v) is 11.7. The Morgan fingerprint density at radius 1 is 0.844 bits per heavy atom. The van der Waals surface area contributed by atoms with Crippen molar-refractivity contribution in [2.45, 2.75) is 47.6 Å². The Bertz CT molecular complexity index is 971. The van der Waals surface area contributed by atoms with Crippen LogP contribution in [0.1, 0.15) is 17.4 Å². The molecule has 1 unspecified atom stereocenters. The van der Waals surface area contributed by atoms with Gasteiger partial charge >= 0.3 is 0 Å². The lowest BCUT2D eigenvalue weighted by Crippen LogP contribution is -2.61. The van der Waals surface area contributed by atoms with E-state index in [0.29, 0.717) is 13.2 Å². The highest BCUT2D eigenvalue weighted by atomic mass is 32.2. The number of aliphatic hydroxyl groups excluding tert-OH is 1. The lowest BCUT2D eigenvalue weighted by Gasteiger charge is -2.47.